The Morgan fingerprint density at radius 2 is 1.94 bits per heavy atom. The van der Waals surface area contributed by atoms with Gasteiger partial charge in [-0.15, -0.1) is 0 Å². The average molecular weight is 243 g/mol. The third-order valence-corrected chi connectivity index (χ3v) is 2.73. The van der Waals surface area contributed by atoms with E-state index in [0.29, 0.717) is 25.6 Å². The molecule has 5 nitrogen and oxygen atoms in total. The van der Waals surface area contributed by atoms with Crippen molar-refractivity contribution < 1.29 is 9.47 Å². The predicted molar refractivity (Wildman–Crippen MR) is 66.3 cm³/mol. The van der Waals surface area contributed by atoms with E-state index >= 15 is 0 Å². The molecular formula is C13H13N3O2. The van der Waals surface area contributed by atoms with Gasteiger partial charge in [-0.3, -0.25) is 0 Å². The van der Waals surface area contributed by atoms with E-state index in [1.807, 2.05) is 24.3 Å². The standard InChI is InChI=1S/C13H13N3O2/c14-8-13-15-4-3-10(16-13)9-1-2-11-12(7-9)18-6-5-17-11/h1-4,7H,5-6,8,14H2. The van der Waals surface area contributed by atoms with Crippen molar-refractivity contribution in [3.63, 3.8) is 0 Å². The molecule has 0 spiro atoms. The molecular weight excluding hydrogens is 230 g/mol. The third kappa shape index (κ3) is 2.00. The summed E-state index contributed by atoms with van der Waals surface area (Å²) in [6.45, 7) is 1.50. The minimum absolute atomic E-state index is 0.332. The van der Waals surface area contributed by atoms with Gasteiger partial charge in [-0.1, -0.05) is 0 Å². The Bertz CT molecular complexity index is 572. The minimum atomic E-state index is 0.332. The Morgan fingerprint density at radius 3 is 2.78 bits per heavy atom. The molecule has 0 aliphatic carbocycles. The van der Waals surface area contributed by atoms with Crippen LogP contribution >= 0.6 is 0 Å². The average Bonchev–Trinajstić information content (AvgIpc) is 2.47. The first-order valence-corrected chi connectivity index (χ1v) is 5.79. The molecule has 0 saturated carbocycles. The zero-order valence-electron chi connectivity index (χ0n) is 9.80. The molecule has 1 aliphatic rings. The Labute approximate surface area is 105 Å². The van der Waals surface area contributed by atoms with Crippen molar-refractivity contribution >= 4 is 0 Å². The lowest BCUT2D eigenvalue weighted by Gasteiger charge is -2.18. The van der Waals surface area contributed by atoms with Crippen LogP contribution in [0.25, 0.3) is 11.3 Å². The number of hydrogen-bond donors (Lipinski definition) is 1. The van der Waals surface area contributed by atoms with Crippen LogP contribution in [0.2, 0.25) is 0 Å². The van der Waals surface area contributed by atoms with E-state index in [2.05, 4.69) is 9.97 Å². The van der Waals surface area contributed by atoms with Gasteiger partial charge in [0.15, 0.2) is 11.5 Å². The number of rotatable bonds is 2. The van der Waals surface area contributed by atoms with Crippen molar-refractivity contribution in [2.75, 3.05) is 13.2 Å². The summed E-state index contributed by atoms with van der Waals surface area (Å²) in [4.78, 5) is 8.46. The Morgan fingerprint density at radius 1 is 1.11 bits per heavy atom. The van der Waals surface area contributed by atoms with Crippen molar-refractivity contribution in [2.24, 2.45) is 5.73 Å². The monoisotopic (exact) mass is 243 g/mol. The molecule has 2 aromatic rings. The number of aromatic nitrogens is 2. The molecule has 1 aromatic carbocycles. The van der Waals surface area contributed by atoms with E-state index in [-0.39, 0.29) is 0 Å². The number of ether oxygens (including phenoxy) is 2. The zero-order valence-corrected chi connectivity index (χ0v) is 9.80. The van der Waals surface area contributed by atoms with Crippen molar-refractivity contribution in [1.29, 1.82) is 0 Å². The van der Waals surface area contributed by atoms with Gasteiger partial charge in [-0.2, -0.15) is 0 Å². The number of benzene rings is 1. The van der Waals surface area contributed by atoms with Crippen LogP contribution in [0, 0.1) is 0 Å². The van der Waals surface area contributed by atoms with Crippen LogP contribution < -0.4 is 15.2 Å². The summed E-state index contributed by atoms with van der Waals surface area (Å²) < 4.78 is 11.0. The summed E-state index contributed by atoms with van der Waals surface area (Å²) in [5.41, 5.74) is 7.34. The summed E-state index contributed by atoms with van der Waals surface area (Å²) >= 11 is 0. The lowest BCUT2D eigenvalue weighted by atomic mass is 10.1. The van der Waals surface area contributed by atoms with Gasteiger partial charge in [0.25, 0.3) is 0 Å². The molecule has 3 rings (SSSR count). The first kappa shape index (κ1) is 11.0. The summed E-state index contributed by atoms with van der Waals surface area (Å²) in [6.07, 6.45) is 1.71. The van der Waals surface area contributed by atoms with Crippen LogP contribution in [0.5, 0.6) is 11.5 Å². The fraction of sp³-hybridized carbons (Fsp3) is 0.231. The smallest absolute Gasteiger partial charge is 0.162 e. The molecule has 2 N–H and O–H groups in total. The predicted octanol–water partition coefficient (Wildman–Crippen LogP) is 1.37. The number of fused-ring (bicyclic) bond motifs is 1. The molecule has 1 aromatic heterocycles. The second-order valence-electron chi connectivity index (χ2n) is 3.92. The highest BCUT2D eigenvalue weighted by molar-refractivity contribution is 5.63. The summed E-state index contributed by atoms with van der Waals surface area (Å²) in [5.74, 6) is 2.16. The summed E-state index contributed by atoms with van der Waals surface area (Å²) in [5, 5.41) is 0. The van der Waals surface area contributed by atoms with Gasteiger partial charge in [0, 0.05) is 11.8 Å². The largest absolute Gasteiger partial charge is 0.486 e. The highest BCUT2D eigenvalue weighted by Crippen LogP contribution is 2.33. The van der Waals surface area contributed by atoms with Gasteiger partial charge in [-0.05, 0) is 24.3 Å². The number of hydrogen-bond acceptors (Lipinski definition) is 5. The molecule has 0 atom stereocenters. The molecule has 5 heteroatoms. The lowest BCUT2D eigenvalue weighted by molar-refractivity contribution is 0.171. The third-order valence-electron chi connectivity index (χ3n) is 2.73. The number of nitrogens with zero attached hydrogens (tertiary/aromatic N) is 2. The van der Waals surface area contributed by atoms with E-state index in [1.54, 1.807) is 6.20 Å². The SMILES string of the molecule is NCc1nccc(-c2ccc3c(c2)OCCO3)n1. The molecule has 0 amide bonds. The van der Waals surface area contributed by atoms with Crippen molar-refractivity contribution in [1.82, 2.24) is 9.97 Å². The van der Waals surface area contributed by atoms with Gasteiger partial charge in [0.2, 0.25) is 0 Å². The highest BCUT2D eigenvalue weighted by atomic mass is 16.6. The highest BCUT2D eigenvalue weighted by Gasteiger charge is 2.12. The van der Waals surface area contributed by atoms with Crippen molar-refractivity contribution in [3.05, 3.63) is 36.3 Å². The molecule has 0 saturated heterocycles. The first-order valence-electron chi connectivity index (χ1n) is 5.79. The topological polar surface area (TPSA) is 70.3 Å². The normalized spacial score (nSPS) is 13.4. The fourth-order valence-corrected chi connectivity index (χ4v) is 1.86. The van der Waals surface area contributed by atoms with Crippen LogP contribution in [0.4, 0.5) is 0 Å². The van der Waals surface area contributed by atoms with E-state index in [4.69, 9.17) is 15.2 Å². The Kier molecular flexibility index (Phi) is 2.82. The van der Waals surface area contributed by atoms with E-state index in [0.717, 1.165) is 22.8 Å². The van der Waals surface area contributed by atoms with E-state index in [9.17, 15) is 0 Å². The molecule has 18 heavy (non-hydrogen) atoms. The van der Waals surface area contributed by atoms with E-state index in [1.165, 1.54) is 0 Å². The van der Waals surface area contributed by atoms with E-state index < -0.39 is 0 Å². The lowest BCUT2D eigenvalue weighted by Crippen LogP contribution is -2.15. The molecule has 0 unspecified atom stereocenters. The van der Waals surface area contributed by atoms with Crippen molar-refractivity contribution in [2.45, 2.75) is 6.54 Å². The number of nitrogens with two attached hydrogens (primary N) is 1. The van der Waals surface area contributed by atoms with Crippen molar-refractivity contribution in [3.8, 4) is 22.8 Å². The van der Waals surface area contributed by atoms with Gasteiger partial charge in [-0.25, -0.2) is 9.97 Å². The Hall–Kier alpha value is -2.14. The molecule has 92 valence electrons. The fourth-order valence-electron chi connectivity index (χ4n) is 1.86. The van der Waals surface area contributed by atoms with Crippen LogP contribution in [-0.2, 0) is 6.54 Å². The molecule has 1 aliphatic heterocycles. The van der Waals surface area contributed by atoms with Gasteiger partial charge < -0.3 is 15.2 Å². The van der Waals surface area contributed by atoms with Crippen LogP contribution in [0.1, 0.15) is 5.82 Å². The van der Waals surface area contributed by atoms with Gasteiger partial charge in [0.05, 0.1) is 12.2 Å². The molecule has 2 heterocycles. The zero-order chi connectivity index (χ0) is 12.4. The maximum atomic E-state index is 5.55. The molecule has 0 radical (unpaired) electrons. The first-order chi connectivity index (χ1) is 8.86. The quantitative estimate of drug-likeness (QED) is 0.862. The minimum Gasteiger partial charge on any atom is -0.486 e. The molecule has 0 fully saturated rings. The second-order valence-corrected chi connectivity index (χ2v) is 3.92. The van der Waals surface area contributed by atoms with Gasteiger partial charge >= 0.3 is 0 Å². The summed E-state index contributed by atoms with van der Waals surface area (Å²) in [7, 11) is 0. The van der Waals surface area contributed by atoms with Crippen LogP contribution in [0.3, 0.4) is 0 Å². The maximum Gasteiger partial charge on any atom is 0.162 e. The maximum absolute atomic E-state index is 5.55. The van der Waals surface area contributed by atoms with Crippen LogP contribution in [-0.4, -0.2) is 23.2 Å². The Balaban J connectivity index is 2.00. The second kappa shape index (κ2) is 4.62. The van der Waals surface area contributed by atoms with Crippen LogP contribution in [0.15, 0.2) is 30.5 Å². The molecule has 0 bridgehead atoms. The summed E-state index contributed by atoms with van der Waals surface area (Å²) in [6, 6.07) is 7.63. The van der Waals surface area contributed by atoms with Gasteiger partial charge in [0.1, 0.15) is 19.0 Å².